The summed E-state index contributed by atoms with van der Waals surface area (Å²) in [6, 6.07) is 5.68. The van der Waals surface area contributed by atoms with Crippen LogP contribution in [0.4, 0.5) is 5.69 Å². The minimum Gasteiger partial charge on any atom is -0.307 e. The minimum atomic E-state index is -0.166. The van der Waals surface area contributed by atoms with Crippen LogP contribution in [0.1, 0.15) is 31.2 Å². The standard InChI is InChI=1S/C18H25ClN4O/c1-12-9-15(19)5-6-17(12)23-8-7-16(20-23)18(24)21-22-10-13-3-2-4-14(13)11-22/h5-6,9,13-14,16,20H,2-4,7-8,10-11H2,1H3,(H,21,24). The van der Waals surface area contributed by atoms with Gasteiger partial charge < -0.3 is 5.01 Å². The molecule has 1 aliphatic carbocycles. The van der Waals surface area contributed by atoms with Crippen LogP contribution in [0.2, 0.25) is 5.02 Å². The first-order chi connectivity index (χ1) is 11.6. The molecule has 0 radical (unpaired) electrons. The SMILES string of the molecule is Cc1cc(Cl)ccc1N1CCC(C(=O)NN2CC3CCCC3C2)N1. The Morgan fingerprint density at radius 2 is 2.00 bits per heavy atom. The first-order valence-corrected chi connectivity index (χ1v) is 9.33. The van der Waals surface area contributed by atoms with Crippen molar-refractivity contribution in [2.45, 2.75) is 38.6 Å². The number of fused-ring (bicyclic) bond motifs is 1. The van der Waals surface area contributed by atoms with Gasteiger partial charge in [0, 0.05) is 24.7 Å². The summed E-state index contributed by atoms with van der Waals surface area (Å²) in [7, 11) is 0. The van der Waals surface area contributed by atoms with E-state index in [1.54, 1.807) is 0 Å². The third kappa shape index (κ3) is 3.13. The fraction of sp³-hybridized carbons (Fsp3) is 0.611. The molecular weight excluding hydrogens is 324 g/mol. The molecule has 3 fully saturated rings. The van der Waals surface area contributed by atoms with E-state index in [1.165, 1.54) is 19.3 Å². The fourth-order valence-corrected chi connectivity index (χ4v) is 4.66. The van der Waals surface area contributed by atoms with E-state index in [1.807, 2.05) is 25.1 Å². The lowest BCUT2D eigenvalue weighted by molar-refractivity contribution is -0.127. The number of anilines is 1. The van der Waals surface area contributed by atoms with Crippen molar-refractivity contribution in [3.05, 3.63) is 28.8 Å². The van der Waals surface area contributed by atoms with Crippen LogP contribution < -0.4 is 15.9 Å². The third-order valence-corrected chi connectivity index (χ3v) is 5.95. The monoisotopic (exact) mass is 348 g/mol. The van der Waals surface area contributed by atoms with E-state index in [0.29, 0.717) is 0 Å². The van der Waals surface area contributed by atoms with Crippen LogP contribution in [0.5, 0.6) is 0 Å². The first-order valence-electron chi connectivity index (χ1n) is 8.95. The Morgan fingerprint density at radius 1 is 1.25 bits per heavy atom. The number of nitrogens with one attached hydrogen (secondary N) is 2. The minimum absolute atomic E-state index is 0.0871. The van der Waals surface area contributed by atoms with Crippen LogP contribution in [0.3, 0.4) is 0 Å². The molecule has 0 aromatic heterocycles. The molecule has 24 heavy (non-hydrogen) atoms. The van der Waals surface area contributed by atoms with E-state index in [2.05, 4.69) is 20.9 Å². The molecule has 2 N–H and O–H groups in total. The normalized spacial score (nSPS) is 29.9. The largest absolute Gasteiger partial charge is 0.307 e. The van der Waals surface area contributed by atoms with Gasteiger partial charge in [-0.3, -0.25) is 10.2 Å². The van der Waals surface area contributed by atoms with Gasteiger partial charge in [-0.2, -0.15) is 0 Å². The molecule has 1 saturated carbocycles. The number of halogens is 1. The molecule has 1 aromatic carbocycles. The molecule has 6 heteroatoms. The zero-order chi connectivity index (χ0) is 16.7. The lowest BCUT2D eigenvalue weighted by Gasteiger charge is -2.23. The highest BCUT2D eigenvalue weighted by Gasteiger charge is 2.38. The van der Waals surface area contributed by atoms with Crippen LogP contribution in [0.25, 0.3) is 0 Å². The van der Waals surface area contributed by atoms with Crippen LogP contribution in [-0.4, -0.2) is 36.6 Å². The summed E-state index contributed by atoms with van der Waals surface area (Å²) >= 11 is 6.03. The second-order valence-corrected chi connectivity index (χ2v) is 7.82. The van der Waals surface area contributed by atoms with Gasteiger partial charge in [0.2, 0.25) is 0 Å². The molecule has 2 aliphatic heterocycles. The Morgan fingerprint density at radius 3 is 2.71 bits per heavy atom. The molecular formula is C18H25ClN4O. The van der Waals surface area contributed by atoms with Gasteiger partial charge in [0.05, 0.1) is 5.69 Å². The average Bonchev–Trinajstić information content (AvgIpc) is 3.22. The van der Waals surface area contributed by atoms with Crippen molar-refractivity contribution in [1.82, 2.24) is 15.9 Å². The molecule has 1 amide bonds. The number of amides is 1. The zero-order valence-electron chi connectivity index (χ0n) is 14.1. The Hall–Kier alpha value is -1.30. The van der Waals surface area contributed by atoms with Gasteiger partial charge in [-0.1, -0.05) is 18.0 Å². The summed E-state index contributed by atoms with van der Waals surface area (Å²) in [5, 5.41) is 4.94. The van der Waals surface area contributed by atoms with Gasteiger partial charge in [0.25, 0.3) is 5.91 Å². The molecule has 2 saturated heterocycles. The Bertz CT molecular complexity index is 625. The summed E-state index contributed by atoms with van der Waals surface area (Å²) in [5.74, 6) is 1.66. The van der Waals surface area contributed by atoms with Gasteiger partial charge in [0.1, 0.15) is 6.04 Å². The van der Waals surface area contributed by atoms with E-state index >= 15 is 0 Å². The number of aryl methyl sites for hydroxylation is 1. The quantitative estimate of drug-likeness (QED) is 0.881. The summed E-state index contributed by atoms with van der Waals surface area (Å²) in [6.45, 7) is 4.90. The van der Waals surface area contributed by atoms with Gasteiger partial charge in [-0.25, -0.2) is 10.4 Å². The van der Waals surface area contributed by atoms with Gasteiger partial charge in [-0.05, 0) is 61.8 Å². The summed E-state index contributed by atoms with van der Waals surface area (Å²) in [4.78, 5) is 12.6. The maximum atomic E-state index is 12.6. The number of hydrazine groups is 2. The number of hydrogen-bond donors (Lipinski definition) is 2. The van der Waals surface area contributed by atoms with E-state index in [9.17, 15) is 4.79 Å². The van der Waals surface area contributed by atoms with Crippen LogP contribution in [0.15, 0.2) is 18.2 Å². The van der Waals surface area contributed by atoms with Crippen molar-refractivity contribution < 1.29 is 4.79 Å². The molecule has 4 rings (SSSR count). The van der Waals surface area contributed by atoms with Gasteiger partial charge in [-0.15, -0.1) is 0 Å². The molecule has 5 nitrogen and oxygen atoms in total. The first kappa shape index (κ1) is 16.2. The molecule has 0 spiro atoms. The smallest absolute Gasteiger partial charge is 0.253 e. The average molecular weight is 349 g/mol. The lowest BCUT2D eigenvalue weighted by atomic mass is 10.0. The van der Waals surface area contributed by atoms with Crippen molar-refractivity contribution in [2.24, 2.45) is 11.8 Å². The van der Waals surface area contributed by atoms with E-state index in [4.69, 9.17) is 11.6 Å². The third-order valence-electron chi connectivity index (χ3n) is 5.71. The number of benzene rings is 1. The Labute approximate surface area is 148 Å². The molecule has 1 aromatic rings. The molecule has 2 heterocycles. The number of hydrogen-bond acceptors (Lipinski definition) is 4. The Kier molecular flexibility index (Phi) is 4.41. The van der Waals surface area contributed by atoms with Crippen LogP contribution >= 0.6 is 11.6 Å². The number of carbonyl (C=O) groups is 1. The number of rotatable bonds is 3. The van der Waals surface area contributed by atoms with Crippen LogP contribution in [0, 0.1) is 18.8 Å². The molecule has 3 atom stereocenters. The summed E-state index contributed by atoms with van der Waals surface area (Å²) < 4.78 is 0. The fourth-order valence-electron chi connectivity index (χ4n) is 4.44. The topological polar surface area (TPSA) is 47.6 Å². The maximum absolute atomic E-state index is 12.6. The van der Waals surface area contributed by atoms with Gasteiger partial charge >= 0.3 is 0 Å². The second-order valence-electron chi connectivity index (χ2n) is 7.38. The number of nitrogens with zero attached hydrogens (tertiary/aromatic N) is 2. The van der Waals surface area contributed by atoms with Crippen molar-refractivity contribution in [3.63, 3.8) is 0 Å². The molecule has 130 valence electrons. The number of carbonyl (C=O) groups excluding carboxylic acids is 1. The summed E-state index contributed by atoms with van der Waals surface area (Å²) in [6.07, 6.45) is 4.82. The van der Waals surface area contributed by atoms with E-state index in [-0.39, 0.29) is 11.9 Å². The van der Waals surface area contributed by atoms with Crippen molar-refractivity contribution in [3.8, 4) is 0 Å². The summed E-state index contributed by atoms with van der Waals surface area (Å²) in [5.41, 5.74) is 8.68. The van der Waals surface area contributed by atoms with Crippen LogP contribution in [-0.2, 0) is 4.79 Å². The van der Waals surface area contributed by atoms with Gasteiger partial charge in [0.15, 0.2) is 0 Å². The van der Waals surface area contributed by atoms with E-state index in [0.717, 1.165) is 54.2 Å². The van der Waals surface area contributed by atoms with E-state index < -0.39 is 0 Å². The highest BCUT2D eigenvalue weighted by atomic mass is 35.5. The van der Waals surface area contributed by atoms with Crippen molar-refractivity contribution in [2.75, 3.05) is 24.6 Å². The lowest BCUT2D eigenvalue weighted by Crippen LogP contribution is -2.50. The molecule has 3 aliphatic rings. The molecule has 0 bridgehead atoms. The highest BCUT2D eigenvalue weighted by molar-refractivity contribution is 6.30. The highest BCUT2D eigenvalue weighted by Crippen LogP contribution is 2.37. The second kappa shape index (κ2) is 6.54. The Balaban J connectivity index is 1.34. The molecule has 3 unspecified atom stereocenters. The zero-order valence-corrected chi connectivity index (χ0v) is 14.9. The maximum Gasteiger partial charge on any atom is 0.253 e. The predicted molar refractivity (Wildman–Crippen MR) is 95.6 cm³/mol. The van der Waals surface area contributed by atoms with Crippen molar-refractivity contribution in [1.29, 1.82) is 0 Å². The predicted octanol–water partition coefficient (Wildman–Crippen LogP) is 2.49. The van der Waals surface area contributed by atoms with Crippen molar-refractivity contribution >= 4 is 23.2 Å².